The molecule has 242 valence electrons. The minimum absolute atomic E-state index is 0.635. The van der Waals surface area contributed by atoms with Crippen LogP contribution in [-0.2, 0) is 0 Å². The number of rotatable bonds is 4. The van der Waals surface area contributed by atoms with E-state index in [4.69, 9.17) is 18.8 Å². The van der Waals surface area contributed by atoms with Crippen molar-refractivity contribution < 1.29 is 8.83 Å². The highest BCUT2D eigenvalue weighted by atomic mass is 16.3. The molecule has 0 bridgehead atoms. The maximum atomic E-state index is 6.66. The molecule has 0 fully saturated rings. The zero-order chi connectivity index (χ0) is 34.2. The molecule has 0 unspecified atom stereocenters. The van der Waals surface area contributed by atoms with Crippen LogP contribution in [-0.4, -0.2) is 9.97 Å². The van der Waals surface area contributed by atoms with Gasteiger partial charge in [-0.05, 0) is 80.2 Å². The lowest BCUT2D eigenvalue weighted by molar-refractivity contribution is 0.667. The predicted octanol–water partition coefficient (Wildman–Crippen LogP) is 13.2. The average molecular weight is 665 g/mol. The predicted molar refractivity (Wildman–Crippen MR) is 213 cm³/mol. The van der Waals surface area contributed by atoms with E-state index in [1.165, 1.54) is 27.1 Å². The lowest BCUT2D eigenvalue weighted by Gasteiger charge is -2.13. The van der Waals surface area contributed by atoms with E-state index in [0.29, 0.717) is 11.4 Å². The molecule has 0 saturated heterocycles. The van der Waals surface area contributed by atoms with E-state index in [0.717, 1.165) is 71.9 Å². The number of furan rings is 2. The number of benzene rings is 8. The molecular weight excluding hydrogens is 637 g/mol. The molecule has 0 spiro atoms. The first-order valence-electron chi connectivity index (χ1n) is 17.5. The second kappa shape index (κ2) is 11.2. The highest BCUT2D eigenvalue weighted by molar-refractivity contribution is 6.19. The Kier molecular flexibility index (Phi) is 6.22. The number of hydrogen-bond acceptors (Lipinski definition) is 4. The van der Waals surface area contributed by atoms with Crippen LogP contribution < -0.4 is 0 Å². The van der Waals surface area contributed by atoms with E-state index in [9.17, 15) is 0 Å². The Balaban J connectivity index is 1.23. The summed E-state index contributed by atoms with van der Waals surface area (Å²) in [7, 11) is 0. The molecule has 0 radical (unpaired) electrons. The molecule has 0 atom stereocenters. The van der Waals surface area contributed by atoms with Crippen LogP contribution in [0, 0.1) is 0 Å². The quantitative estimate of drug-likeness (QED) is 0.176. The van der Waals surface area contributed by atoms with E-state index >= 15 is 0 Å². The summed E-state index contributed by atoms with van der Waals surface area (Å²) >= 11 is 0. The molecular formula is C48H28N2O2. The maximum Gasteiger partial charge on any atom is 0.180 e. The summed E-state index contributed by atoms with van der Waals surface area (Å²) in [5.74, 6) is 0.635. The molecule has 0 aliphatic rings. The van der Waals surface area contributed by atoms with Crippen LogP contribution in [0.25, 0.3) is 110 Å². The molecule has 0 amide bonds. The fourth-order valence-corrected chi connectivity index (χ4v) is 7.83. The number of hydrogen-bond donors (Lipinski definition) is 0. The molecule has 0 saturated carbocycles. The van der Waals surface area contributed by atoms with Gasteiger partial charge >= 0.3 is 0 Å². The van der Waals surface area contributed by atoms with Gasteiger partial charge in [0, 0.05) is 27.3 Å². The van der Waals surface area contributed by atoms with E-state index < -0.39 is 0 Å². The Bertz CT molecular complexity index is 3170. The van der Waals surface area contributed by atoms with Gasteiger partial charge < -0.3 is 8.83 Å². The van der Waals surface area contributed by atoms with Crippen LogP contribution in [0.4, 0.5) is 0 Å². The lowest BCUT2D eigenvalue weighted by atomic mass is 9.91. The fraction of sp³-hybridized carbons (Fsp3) is 0. The van der Waals surface area contributed by atoms with Gasteiger partial charge in [-0.1, -0.05) is 133 Å². The Morgan fingerprint density at radius 2 is 0.981 bits per heavy atom. The largest absolute Gasteiger partial charge is 0.456 e. The van der Waals surface area contributed by atoms with E-state index in [1.54, 1.807) is 0 Å². The van der Waals surface area contributed by atoms with Crippen molar-refractivity contribution in [3.8, 4) is 44.9 Å². The lowest BCUT2D eigenvalue weighted by Crippen LogP contribution is -1.95. The van der Waals surface area contributed by atoms with Gasteiger partial charge in [-0.25, -0.2) is 9.97 Å². The molecule has 8 aromatic carbocycles. The first-order valence-corrected chi connectivity index (χ1v) is 17.5. The molecule has 11 rings (SSSR count). The first-order chi connectivity index (χ1) is 25.8. The average Bonchev–Trinajstić information content (AvgIpc) is 3.79. The van der Waals surface area contributed by atoms with E-state index in [1.807, 2.05) is 36.4 Å². The van der Waals surface area contributed by atoms with Crippen LogP contribution in [0.3, 0.4) is 0 Å². The third-order valence-corrected chi connectivity index (χ3v) is 10.3. The molecule has 52 heavy (non-hydrogen) atoms. The van der Waals surface area contributed by atoms with Crippen molar-refractivity contribution in [2.24, 2.45) is 0 Å². The molecule has 0 aliphatic carbocycles. The summed E-state index contributed by atoms with van der Waals surface area (Å²) in [5, 5.41) is 7.78. The monoisotopic (exact) mass is 664 g/mol. The van der Waals surface area contributed by atoms with Gasteiger partial charge in [0.15, 0.2) is 11.4 Å². The topological polar surface area (TPSA) is 52.1 Å². The summed E-state index contributed by atoms with van der Waals surface area (Å²) in [6.07, 6.45) is 0. The molecule has 0 N–H and O–H groups in total. The standard InChI is InChI=1S/C48H28N2O2/c1-2-12-29(13-3-1)30-22-24-31(25-23-30)48-49-45-38-19-9-11-21-42(38)52-47(45)46(50-48)40-27-33(28-43-44(40)37-18-8-10-20-41(37)51-43)39-26-32-14-4-5-15-34(32)35-16-6-7-17-36(35)39/h1-28H. The van der Waals surface area contributed by atoms with Crippen molar-refractivity contribution in [2.75, 3.05) is 0 Å². The Morgan fingerprint density at radius 3 is 1.79 bits per heavy atom. The zero-order valence-corrected chi connectivity index (χ0v) is 27.9. The normalized spacial score (nSPS) is 11.8. The van der Waals surface area contributed by atoms with Crippen molar-refractivity contribution in [1.82, 2.24) is 9.97 Å². The number of fused-ring (bicyclic) bond motifs is 9. The van der Waals surface area contributed by atoms with Crippen molar-refractivity contribution in [3.63, 3.8) is 0 Å². The molecule has 3 heterocycles. The van der Waals surface area contributed by atoms with Crippen LogP contribution in [0.5, 0.6) is 0 Å². The van der Waals surface area contributed by atoms with E-state index in [2.05, 4.69) is 133 Å². The SMILES string of the molecule is c1ccc(-c2ccc(-c3nc(-c4cc(-c5cc6ccccc6c6ccccc56)cc5oc6ccccc6c45)c4oc5ccccc5c4n3)cc2)cc1. The van der Waals surface area contributed by atoms with E-state index in [-0.39, 0.29) is 0 Å². The third-order valence-electron chi connectivity index (χ3n) is 10.3. The summed E-state index contributed by atoms with van der Waals surface area (Å²) in [6.45, 7) is 0. The third kappa shape index (κ3) is 4.41. The minimum atomic E-state index is 0.635. The maximum absolute atomic E-state index is 6.66. The second-order valence-corrected chi connectivity index (χ2v) is 13.3. The Hall–Kier alpha value is -7.04. The number of aromatic nitrogens is 2. The Labute approximate surface area is 298 Å². The molecule has 0 aliphatic heterocycles. The highest BCUT2D eigenvalue weighted by Crippen LogP contribution is 2.45. The second-order valence-electron chi connectivity index (χ2n) is 13.3. The van der Waals surface area contributed by atoms with Crippen molar-refractivity contribution >= 4 is 65.6 Å². The van der Waals surface area contributed by atoms with Gasteiger partial charge in [-0.15, -0.1) is 0 Å². The van der Waals surface area contributed by atoms with Gasteiger partial charge in [-0.2, -0.15) is 0 Å². The smallest absolute Gasteiger partial charge is 0.180 e. The number of nitrogens with zero attached hydrogens (tertiary/aromatic N) is 2. The van der Waals surface area contributed by atoms with Crippen LogP contribution >= 0.6 is 0 Å². The van der Waals surface area contributed by atoms with Gasteiger partial charge in [0.2, 0.25) is 0 Å². The van der Waals surface area contributed by atoms with Crippen molar-refractivity contribution in [2.45, 2.75) is 0 Å². The first kappa shape index (κ1) is 28.8. The minimum Gasteiger partial charge on any atom is -0.456 e. The summed E-state index contributed by atoms with van der Waals surface area (Å²) in [5.41, 5.74) is 10.9. The molecule has 11 aromatic rings. The Morgan fingerprint density at radius 1 is 0.365 bits per heavy atom. The number of para-hydroxylation sites is 2. The molecule has 4 nitrogen and oxygen atoms in total. The van der Waals surface area contributed by atoms with Crippen molar-refractivity contribution in [3.05, 3.63) is 170 Å². The summed E-state index contributed by atoms with van der Waals surface area (Å²) < 4.78 is 13.3. The van der Waals surface area contributed by atoms with Gasteiger partial charge in [-0.3, -0.25) is 0 Å². The van der Waals surface area contributed by atoms with Crippen LogP contribution in [0.1, 0.15) is 0 Å². The zero-order valence-electron chi connectivity index (χ0n) is 27.9. The fourth-order valence-electron chi connectivity index (χ4n) is 7.83. The van der Waals surface area contributed by atoms with Gasteiger partial charge in [0.25, 0.3) is 0 Å². The highest BCUT2D eigenvalue weighted by Gasteiger charge is 2.23. The molecule has 4 heteroatoms. The van der Waals surface area contributed by atoms with Crippen LogP contribution in [0.15, 0.2) is 179 Å². The summed E-state index contributed by atoms with van der Waals surface area (Å²) in [4.78, 5) is 10.6. The van der Waals surface area contributed by atoms with Gasteiger partial charge in [0.1, 0.15) is 28.0 Å². The molecule has 3 aromatic heterocycles. The van der Waals surface area contributed by atoms with Gasteiger partial charge in [0.05, 0.1) is 0 Å². The van der Waals surface area contributed by atoms with Crippen LogP contribution in [0.2, 0.25) is 0 Å². The summed E-state index contributed by atoms with van der Waals surface area (Å²) in [6, 6.07) is 59.2. The van der Waals surface area contributed by atoms with Crippen molar-refractivity contribution in [1.29, 1.82) is 0 Å².